The minimum absolute atomic E-state index is 0.0446. The fourth-order valence-electron chi connectivity index (χ4n) is 1.35. The van der Waals surface area contributed by atoms with Crippen LogP contribution in [0.25, 0.3) is 0 Å². The van der Waals surface area contributed by atoms with Crippen LogP contribution >= 0.6 is 7.82 Å². The summed E-state index contributed by atoms with van der Waals surface area (Å²) in [5.41, 5.74) is 1.19. The predicted molar refractivity (Wildman–Crippen MR) is 111 cm³/mol. The van der Waals surface area contributed by atoms with E-state index in [2.05, 4.69) is 18.8 Å². The summed E-state index contributed by atoms with van der Waals surface area (Å²) >= 11 is 0. The fraction of sp³-hybridized carbons (Fsp3) is 0.611. The Bertz CT molecular complexity index is 615. The van der Waals surface area contributed by atoms with Gasteiger partial charge >= 0.3 is 19.8 Å². The second kappa shape index (κ2) is 17.9. The van der Waals surface area contributed by atoms with Gasteiger partial charge in [-0.1, -0.05) is 13.8 Å². The third-order valence-corrected chi connectivity index (χ3v) is 3.98. The molecule has 30 heavy (non-hydrogen) atoms. The van der Waals surface area contributed by atoms with Crippen LogP contribution in [-0.4, -0.2) is 72.0 Å². The quantitative estimate of drug-likeness (QED) is 0.283. The van der Waals surface area contributed by atoms with E-state index >= 15 is 0 Å². The lowest BCUT2D eigenvalue weighted by molar-refractivity contribution is -0.159. The van der Waals surface area contributed by atoms with E-state index in [1.54, 1.807) is 26.2 Å². The highest BCUT2D eigenvalue weighted by molar-refractivity contribution is 7.47. The maximum absolute atomic E-state index is 10.8. The van der Waals surface area contributed by atoms with Crippen LogP contribution in [0.4, 0.5) is 5.69 Å². The van der Waals surface area contributed by atoms with E-state index in [-0.39, 0.29) is 19.4 Å². The number of ether oxygens (including phenoxy) is 1. The molecule has 0 bridgehead atoms. The van der Waals surface area contributed by atoms with Gasteiger partial charge in [-0.15, -0.1) is 0 Å². The Morgan fingerprint density at radius 1 is 1.10 bits per heavy atom. The van der Waals surface area contributed by atoms with E-state index in [0.717, 1.165) is 0 Å². The Hall–Kier alpha value is -1.88. The second-order valence-corrected chi connectivity index (χ2v) is 7.13. The van der Waals surface area contributed by atoms with Gasteiger partial charge in [0.15, 0.2) is 0 Å². The molecule has 174 valence electrons. The summed E-state index contributed by atoms with van der Waals surface area (Å²) < 4.78 is 23.6. The number of pyridine rings is 1. The van der Waals surface area contributed by atoms with Crippen molar-refractivity contribution in [2.24, 2.45) is 0 Å². The van der Waals surface area contributed by atoms with Gasteiger partial charge in [0.25, 0.3) is 0 Å². The number of aliphatic hydroxyl groups is 2. The van der Waals surface area contributed by atoms with Crippen molar-refractivity contribution in [1.29, 1.82) is 0 Å². The number of aromatic nitrogens is 1. The first-order chi connectivity index (χ1) is 14.0. The van der Waals surface area contributed by atoms with Gasteiger partial charge in [-0.3, -0.25) is 23.6 Å². The van der Waals surface area contributed by atoms with Crippen LogP contribution in [0.2, 0.25) is 0 Å². The highest BCUT2D eigenvalue weighted by Gasteiger charge is 2.21. The Morgan fingerprint density at radius 3 is 1.93 bits per heavy atom. The lowest BCUT2D eigenvalue weighted by Crippen LogP contribution is -2.18. The van der Waals surface area contributed by atoms with Gasteiger partial charge in [-0.05, 0) is 19.1 Å². The highest BCUT2D eigenvalue weighted by atomic mass is 31.2. The van der Waals surface area contributed by atoms with E-state index in [4.69, 9.17) is 15.1 Å². The summed E-state index contributed by atoms with van der Waals surface area (Å²) in [5, 5.41) is 17.0. The van der Waals surface area contributed by atoms with E-state index in [9.17, 15) is 14.2 Å². The summed E-state index contributed by atoms with van der Waals surface area (Å²) in [5.74, 6) is -0.913. The maximum atomic E-state index is 10.8. The third kappa shape index (κ3) is 18.2. The predicted octanol–water partition coefficient (Wildman–Crippen LogP) is 1.52. The Morgan fingerprint density at radius 2 is 1.60 bits per heavy atom. The molecule has 0 saturated heterocycles. The van der Waals surface area contributed by atoms with Crippen LogP contribution in [0, 0.1) is 0 Å². The lowest BCUT2D eigenvalue weighted by Gasteiger charge is -2.12. The molecule has 2 unspecified atom stereocenters. The molecule has 0 saturated carbocycles. The van der Waals surface area contributed by atoms with Crippen molar-refractivity contribution in [3.05, 3.63) is 24.5 Å². The number of anilines is 1. The standard InChI is InChI=1S/C7H10N2.C6H10O3.C5H13O6P/c1-9(2)7-3-5-8-6-4-7;1-3-5(7)9-6(8)4-2;1-2-10-12(8,9)11-4-5(7)3-6/h3-6H,1-2H3;3-4H2,1-2H3;5-7H,2-4H2,1H3,(H,8,9). The topological polar surface area (TPSA) is 156 Å². The Labute approximate surface area is 177 Å². The monoisotopic (exact) mass is 452 g/mol. The molecule has 0 radical (unpaired) electrons. The molecule has 0 aliphatic rings. The van der Waals surface area contributed by atoms with Crippen molar-refractivity contribution in [1.82, 2.24) is 4.98 Å². The fourth-order valence-corrected chi connectivity index (χ4v) is 2.11. The molecule has 11 nitrogen and oxygen atoms in total. The van der Waals surface area contributed by atoms with Gasteiger partial charge in [0.05, 0.1) is 19.8 Å². The Balaban J connectivity index is 0. The first kappa shape index (κ1) is 30.3. The molecule has 12 heteroatoms. The molecule has 1 rings (SSSR count). The zero-order valence-corrected chi connectivity index (χ0v) is 18.9. The molecule has 0 amide bonds. The van der Waals surface area contributed by atoms with Crippen LogP contribution in [0.1, 0.15) is 33.6 Å². The summed E-state index contributed by atoms with van der Waals surface area (Å²) in [4.78, 5) is 35.4. The van der Waals surface area contributed by atoms with Gasteiger partial charge in [0, 0.05) is 45.0 Å². The van der Waals surface area contributed by atoms with Gasteiger partial charge in [-0.25, -0.2) is 4.57 Å². The molecule has 0 aliphatic heterocycles. The molecule has 0 aliphatic carbocycles. The SMILES string of the molecule is CCC(=O)OC(=O)CC.CCOP(=O)(O)OCC(O)CO.CN(C)c1ccncc1. The summed E-state index contributed by atoms with van der Waals surface area (Å²) in [7, 11) is -0.0122. The molecule has 3 N–H and O–H groups in total. The molecule has 0 aromatic carbocycles. The van der Waals surface area contributed by atoms with Crippen LogP contribution < -0.4 is 4.90 Å². The maximum Gasteiger partial charge on any atom is 0.472 e. The number of hydrogen-bond acceptors (Lipinski definition) is 10. The van der Waals surface area contributed by atoms with Crippen LogP contribution in [0.15, 0.2) is 24.5 Å². The number of carbonyl (C=O) groups excluding carboxylic acids is 2. The number of rotatable bonds is 9. The highest BCUT2D eigenvalue weighted by Crippen LogP contribution is 2.42. The van der Waals surface area contributed by atoms with Crippen LogP contribution in [0.3, 0.4) is 0 Å². The first-order valence-corrected chi connectivity index (χ1v) is 10.7. The number of carbonyl (C=O) groups is 2. The number of phosphoric acid groups is 1. The molecule has 1 heterocycles. The number of esters is 2. The largest absolute Gasteiger partial charge is 0.472 e. The van der Waals surface area contributed by atoms with E-state index in [0.29, 0.717) is 0 Å². The molecular weight excluding hydrogens is 419 g/mol. The Kier molecular flexibility index (Phi) is 18.1. The van der Waals surface area contributed by atoms with Crippen molar-refractivity contribution in [3.63, 3.8) is 0 Å². The van der Waals surface area contributed by atoms with E-state index in [1.165, 1.54) is 12.6 Å². The number of nitrogens with zero attached hydrogens (tertiary/aromatic N) is 2. The minimum Gasteiger partial charge on any atom is -0.394 e. The van der Waals surface area contributed by atoms with Crippen molar-refractivity contribution in [2.75, 3.05) is 38.8 Å². The normalized spacial score (nSPS) is 12.8. The van der Waals surface area contributed by atoms with Crippen molar-refractivity contribution >= 4 is 25.4 Å². The molecule has 1 aromatic heterocycles. The van der Waals surface area contributed by atoms with Gasteiger partial charge < -0.3 is 24.7 Å². The van der Waals surface area contributed by atoms with Crippen molar-refractivity contribution < 1.29 is 43.0 Å². The second-order valence-electron chi connectivity index (χ2n) is 5.67. The van der Waals surface area contributed by atoms with Crippen LogP contribution in [-0.2, 0) is 27.9 Å². The molecule has 0 fully saturated rings. The van der Waals surface area contributed by atoms with Crippen molar-refractivity contribution in [3.8, 4) is 0 Å². The third-order valence-electron chi connectivity index (χ3n) is 2.92. The minimum atomic E-state index is -4.03. The molecule has 1 aromatic rings. The average molecular weight is 452 g/mol. The zero-order valence-electron chi connectivity index (χ0n) is 18.1. The smallest absolute Gasteiger partial charge is 0.394 e. The van der Waals surface area contributed by atoms with E-state index in [1.807, 2.05) is 31.1 Å². The average Bonchev–Trinajstić information content (AvgIpc) is 2.73. The van der Waals surface area contributed by atoms with Crippen LogP contribution in [0.5, 0.6) is 0 Å². The number of hydrogen-bond donors (Lipinski definition) is 3. The number of aliphatic hydroxyl groups excluding tert-OH is 2. The number of phosphoric ester groups is 1. The summed E-state index contributed by atoms with van der Waals surface area (Å²) in [6.07, 6.45) is 2.92. The first-order valence-electron chi connectivity index (χ1n) is 9.24. The summed E-state index contributed by atoms with van der Waals surface area (Å²) in [6, 6.07) is 3.94. The van der Waals surface area contributed by atoms with E-state index < -0.39 is 39.1 Å². The summed E-state index contributed by atoms with van der Waals surface area (Å²) in [6.45, 7) is 3.92. The van der Waals surface area contributed by atoms with Gasteiger partial charge in [0.2, 0.25) is 0 Å². The molecular formula is C18H33N2O9P. The zero-order chi connectivity index (χ0) is 23.6. The molecule has 0 spiro atoms. The molecule has 2 atom stereocenters. The van der Waals surface area contributed by atoms with Gasteiger partial charge in [-0.2, -0.15) is 0 Å². The van der Waals surface area contributed by atoms with Crippen molar-refractivity contribution in [2.45, 2.75) is 39.7 Å². The lowest BCUT2D eigenvalue weighted by atomic mass is 10.4. The van der Waals surface area contributed by atoms with Gasteiger partial charge in [0.1, 0.15) is 6.10 Å².